The minimum absolute atomic E-state index is 0.164. The van der Waals surface area contributed by atoms with E-state index < -0.39 is 26.1 Å². The Bertz CT molecular complexity index is 194. The first-order valence-corrected chi connectivity index (χ1v) is 9.50. The van der Waals surface area contributed by atoms with Crippen LogP contribution in [0.25, 0.3) is 0 Å². The van der Waals surface area contributed by atoms with Crippen LogP contribution in [-0.4, -0.2) is 55.1 Å². The molecule has 0 aliphatic carbocycles. The quantitative estimate of drug-likeness (QED) is 0.619. The van der Waals surface area contributed by atoms with Crippen molar-refractivity contribution in [1.29, 1.82) is 0 Å². The summed E-state index contributed by atoms with van der Waals surface area (Å²) < 4.78 is 5.54. The number of rotatable bonds is 5. The van der Waals surface area contributed by atoms with Gasteiger partial charge in [-0.15, -0.1) is 0 Å². The van der Waals surface area contributed by atoms with Crippen LogP contribution >= 0.6 is 0 Å². The Morgan fingerprint density at radius 1 is 1.33 bits per heavy atom. The molecule has 90 valence electrons. The van der Waals surface area contributed by atoms with E-state index in [4.69, 9.17) is 10.5 Å². The summed E-state index contributed by atoms with van der Waals surface area (Å²) in [6, 6.07) is 0. The van der Waals surface area contributed by atoms with Gasteiger partial charge in [-0.3, -0.25) is 0 Å². The third-order valence-electron chi connectivity index (χ3n) is 2.75. The molecule has 0 amide bonds. The van der Waals surface area contributed by atoms with Gasteiger partial charge in [-0.1, -0.05) is 0 Å². The van der Waals surface area contributed by atoms with Crippen LogP contribution in [0.3, 0.4) is 0 Å². The molecule has 1 aliphatic rings. The van der Waals surface area contributed by atoms with Crippen molar-refractivity contribution in [1.82, 2.24) is 0 Å². The molecule has 3 unspecified atom stereocenters. The van der Waals surface area contributed by atoms with Crippen molar-refractivity contribution < 1.29 is 14.9 Å². The molecule has 1 heterocycles. The molecule has 4 N–H and O–H groups in total. The number of aliphatic hydroxyl groups excluding tert-OH is 2. The Morgan fingerprint density at radius 3 is 2.47 bits per heavy atom. The van der Waals surface area contributed by atoms with Crippen LogP contribution in [0.5, 0.6) is 0 Å². The third-order valence-corrected chi connectivity index (χ3v) is 6.70. The monoisotopic (exact) mass is 284 g/mol. The van der Waals surface area contributed by atoms with Crippen LogP contribution in [0.4, 0.5) is 0 Å². The van der Waals surface area contributed by atoms with Crippen LogP contribution in [-0.2, 0) is 4.74 Å². The van der Waals surface area contributed by atoms with Crippen molar-refractivity contribution >= 4 is 13.9 Å². The zero-order valence-corrected chi connectivity index (χ0v) is 11.1. The van der Waals surface area contributed by atoms with E-state index in [1.807, 2.05) is 0 Å². The van der Waals surface area contributed by atoms with Crippen LogP contribution in [0.15, 0.2) is 0 Å². The fourth-order valence-electron chi connectivity index (χ4n) is 1.77. The topological polar surface area (TPSA) is 75.7 Å². The average Bonchev–Trinajstić information content (AvgIpc) is 2.43. The zero-order chi connectivity index (χ0) is 11.4. The van der Waals surface area contributed by atoms with E-state index in [0.29, 0.717) is 0 Å². The van der Waals surface area contributed by atoms with Gasteiger partial charge < -0.3 is 0 Å². The van der Waals surface area contributed by atoms with E-state index in [1.165, 1.54) is 5.32 Å². The van der Waals surface area contributed by atoms with Gasteiger partial charge in [0.05, 0.1) is 0 Å². The molecule has 1 fully saturated rings. The Balaban J connectivity index is 2.32. The SMILES string of the molecule is CC1OC(C[Se+](C)CCCN)[C@@H](O)[C@H]1O. The van der Waals surface area contributed by atoms with Crippen molar-refractivity contribution in [2.45, 2.75) is 54.2 Å². The molecule has 0 aromatic rings. The first kappa shape index (κ1) is 13.4. The summed E-state index contributed by atoms with van der Waals surface area (Å²) in [5, 5.41) is 21.4. The molecule has 0 saturated carbocycles. The number of nitrogens with two attached hydrogens (primary N) is 1. The number of ether oxygens (including phenoxy) is 1. The molecule has 4 nitrogen and oxygen atoms in total. The molecule has 0 aromatic heterocycles. The summed E-state index contributed by atoms with van der Waals surface area (Å²) in [5.74, 6) is 2.25. The van der Waals surface area contributed by atoms with Gasteiger partial charge in [-0.05, 0) is 0 Å². The molecule has 1 saturated heterocycles. The number of aliphatic hydroxyl groups is 2. The van der Waals surface area contributed by atoms with Crippen LogP contribution in [0.2, 0.25) is 16.5 Å². The van der Waals surface area contributed by atoms with Gasteiger partial charge in [0.1, 0.15) is 0 Å². The summed E-state index contributed by atoms with van der Waals surface area (Å²) in [4.78, 5) is 0. The van der Waals surface area contributed by atoms with Crippen LogP contribution in [0, 0.1) is 0 Å². The Hall–Kier alpha value is 0.359. The van der Waals surface area contributed by atoms with Gasteiger partial charge in [0, 0.05) is 0 Å². The van der Waals surface area contributed by atoms with Gasteiger partial charge >= 0.3 is 95.4 Å². The van der Waals surface area contributed by atoms with Gasteiger partial charge in [-0.25, -0.2) is 0 Å². The van der Waals surface area contributed by atoms with Crippen LogP contribution < -0.4 is 5.73 Å². The van der Waals surface area contributed by atoms with Crippen molar-refractivity contribution in [3.8, 4) is 0 Å². The summed E-state index contributed by atoms with van der Waals surface area (Å²) >= 11 is -0.710. The van der Waals surface area contributed by atoms with Crippen molar-refractivity contribution in [3.63, 3.8) is 0 Å². The average molecular weight is 283 g/mol. The summed E-state index contributed by atoms with van der Waals surface area (Å²) in [5.41, 5.74) is 5.46. The maximum absolute atomic E-state index is 9.72. The summed E-state index contributed by atoms with van der Waals surface area (Å²) in [6.07, 6.45) is -0.768. The van der Waals surface area contributed by atoms with E-state index in [-0.39, 0.29) is 12.2 Å². The molecule has 1 rings (SSSR count). The molecule has 1 aliphatic heterocycles. The Kier molecular flexibility index (Phi) is 5.53. The van der Waals surface area contributed by atoms with Crippen molar-refractivity contribution in [3.05, 3.63) is 0 Å². The Morgan fingerprint density at radius 2 is 2.00 bits per heavy atom. The molecular formula is C10H22NO3Se+. The molecular weight excluding hydrogens is 261 g/mol. The predicted molar refractivity (Wildman–Crippen MR) is 61.3 cm³/mol. The fourth-order valence-corrected chi connectivity index (χ4v) is 5.25. The predicted octanol–water partition coefficient (Wildman–Crippen LogP) is -0.0311. The Labute approximate surface area is 95.7 Å². The van der Waals surface area contributed by atoms with Gasteiger partial charge in [0.2, 0.25) is 0 Å². The molecule has 0 bridgehead atoms. The van der Waals surface area contributed by atoms with Crippen LogP contribution in [0.1, 0.15) is 13.3 Å². The van der Waals surface area contributed by atoms with Gasteiger partial charge in [0.25, 0.3) is 0 Å². The van der Waals surface area contributed by atoms with E-state index in [0.717, 1.165) is 18.3 Å². The van der Waals surface area contributed by atoms with Crippen molar-refractivity contribution in [2.24, 2.45) is 5.73 Å². The second-order valence-electron chi connectivity index (χ2n) is 4.16. The van der Waals surface area contributed by atoms with E-state index >= 15 is 0 Å². The molecule has 0 aromatic carbocycles. The number of hydrogen-bond donors (Lipinski definition) is 3. The number of hydrogen-bond acceptors (Lipinski definition) is 4. The molecule has 0 radical (unpaired) electrons. The van der Waals surface area contributed by atoms with E-state index in [9.17, 15) is 10.2 Å². The van der Waals surface area contributed by atoms with Crippen molar-refractivity contribution in [2.75, 3.05) is 6.54 Å². The second-order valence-corrected chi connectivity index (χ2v) is 8.99. The standard InChI is InChI=1S/C10H22NO3Se/c1-7-9(12)10(13)8(14-7)6-15(2)5-3-4-11/h7-10,12-13H,3-6,11H2,1-2H3/q+1/t7?,8?,9-,10+,15?/m0/s1. The first-order chi connectivity index (χ1) is 7.06. The van der Waals surface area contributed by atoms with Gasteiger partial charge in [0.15, 0.2) is 0 Å². The minimum atomic E-state index is -0.719. The van der Waals surface area contributed by atoms with Gasteiger partial charge in [-0.2, -0.15) is 0 Å². The fraction of sp³-hybridized carbons (Fsp3) is 1.00. The summed E-state index contributed by atoms with van der Waals surface area (Å²) in [6.45, 7) is 2.54. The third kappa shape index (κ3) is 3.70. The molecule has 0 spiro atoms. The van der Waals surface area contributed by atoms with E-state index in [2.05, 4.69) is 5.82 Å². The summed E-state index contributed by atoms with van der Waals surface area (Å²) in [7, 11) is 0. The second kappa shape index (κ2) is 6.18. The zero-order valence-electron chi connectivity index (χ0n) is 9.43. The molecule has 5 atom stereocenters. The molecule has 15 heavy (non-hydrogen) atoms. The normalized spacial score (nSPS) is 38.2. The maximum atomic E-state index is 9.72. The van der Waals surface area contributed by atoms with E-state index in [1.54, 1.807) is 6.92 Å². The first-order valence-electron chi connectivity index (χ1n) is 5.37. The molecule has 5 heteroatoms.